The molecule has 3 aromatic carbocycles. The van der Waals surface area contributed by atoms with Crippen molar-refractivity contribution in [3.05, 3.63) is 118 Å². The first-order valence-corrected chi connectivity index (χ1v) is 16.0. The van der Waals surface area contributed by atoms with Crippen LogP contribution in [0.25, 0.3) is 16.6 Å². The molecule has 9 nitrogen and oxygen atoms in total. The second kappa shape index (κ2) is 14.1. The number of rotatable bonds is 11. The van der Waals surface area contributed by atoms with Gasteiger partial charge in [-0.15, -0.1) is 0 Å². The van der Waals surface area contributed by atoms with Crippen molar-refractivity contribution in [1.29, 1.82) is 0 Å². The van der Waals surface area contributed by atoms with Crippen LogP contribution in [0.4, 0.5) is 13.2 Å². The van der Waals surface area contributed by atoms with Crippen LogP contribution in [0.2, 0.25) is 0 Å². The van der Waals surface area contributed by atoms with Gasteiger partial charge in [-0.05, 0) is 60.5 Å². The zero-order chi connectivity index (χ0) is 33.9. The summed E-state index contributed by atoms with van der Waals surface area (Å²) in [5, 5.41) is 0.328. The van der Waals surface area contributed by atoms with Crippen molar-refractivity contribution in [1.82, 2.24) is 14.5 Å². The lowest BCUT2D eigenvalue weighted by Gasteiger charge is -2.26. The number of hydrogen-bond donors (Lipinski definition) is 0. The molecule has 0 N–H and O–H groups in total. The Hall–Kier alpha value is -5.20. The molecule has 2 aromatic heterocycles. The highest BCUT2D eigenvalue weighted by Crippen LogP contribution is 2.34. The summed E-state index contributed by atoms with van der Waals surface area (Å²) in [4.78, 5) is 33.6. The maximum Gasteiger partial charge on any atom is 0.269 e. The number of ketones is 1. The highest BCUT2D eigenvalue weighted by Gasteiger charge is 2.27. The van der Waals surface area contributed by atoms with Crippen molar-refractivity contribution < 1.29 is 36.9 Å². The molecule has 4 heterocycles. The van der Waals surface area contributed by atoms with Crippen LogP contribution in [0.5, 0.6) is 23.0 Å². The van der Waals surface area contributed by atoms with E-state index < -0.39 is 28.8 Å². The minimum atomic E-state index is -0.755. The number of pyridine rings is 2. The van der Waals surface area contributed by atoms with Gasteiger partial charge in [-0.25, -0.2) is 13.2 Å². The zero-order valence-corrected chi connectivity index (χ0v) is 26.4. The van der Waals surface area contributed by atoms with Gasteiger partial charge in [0.1, 0.15) is 22.9 Å². The fraction of sp³-hybridized carbons (Fsp3) is 0.270. The average molecular weight is 672 g/mol. The van der Waals surface area contributed by atoms with Crippen LogP contribution in [0, 0.1) is 17.5 Å². The van der Waals surface area contributed by atoms with Gasteiger partial charge in [0.05, 0.1) is 31.9 Å². The number of aromatic nitrogens is 2. The number of fused-ring (bicyclic) bond motifs is 2. The number of Topliss-reactive ketones (excluding diaryl/α,β-unsaturated/α-hetero) is 1. The van der Waals surface area contributed by atoms with Gasteiger partial charge in [0.15, 0.2) is 28.9 Å². The van der Waals surface area contributed by atoms with E-state index in [4.69, 9.17) is 18.9 Å². The Morgan fingerprint density at radius 3 is 2.49 bits per heavy atom. The summed E-state index contributed by atoms with van der Waals surface area (Å²) in [5.74, 6) is -2.04. The molecule has 49 heavy (non-hydrogen) atoms. The van der Waals surface area contributed by atoms with E-state index in [1.807, 2.05) is 0 Å². The summed E-state index contributed by atoms with van der Waals surface area (Å²) in [6.07, 6.45) is 4.01. The molecule has 5 aromatic rings. The van der Waals surface area contributed by atoms with Crippen LogP contribution in [0.15, 0.2) is 77.9 Å². The largest absolute Gasteiger partial charge is 0.492 e. The van der Waals surface area contributed by atoms with E-state index in [1.54, 1.807) is 6.20 Å². The van der Waals surface area contributed by atoms with Gasteiger partial charge in [-0.3, -0.25) is 24.0 Å². The Kier molecular flexibility index (Phi) is 9.32. The summed E-state index contributed by atoms with van der Waals surface area (Å²) < 4.78 is 67.8. The Morgan fingerprint density at radius 2 is 1.69 bits per heavy atom. The summed E-state index contributed by atoms with van der Waals surface area (Å²) in [6, 6.07) is 13.6. The van der Waals surface area contributed by atoms with Crippen molar-refractivity contribution in [2.75, 3.05) is 46.1 Å². The van der Waals surface area contributed by atoms with Crippen molar-refractivity contribution in [2.45, 2.75) is 19.3 Å². The first-order chi connectivity index (χ1) is 23.8. The Morgan fingerprint density at radius 1 is 0.898 bits per heavy atom. The lowest BCUT2D eigenvalue weighted by molar-refractivity contribution is 0.0357. The van der Waals surface area contributed by atoms with Crippen molar-refractivity contribution in [2.24, 2.45) is 0 Å². The van der Waals surface area contributed by atoms with Crippen LogP contribution >= 0.6 is 0 Å². The van der Waals surface area contributed by atoms with E-state index in [9.17, 15) is 14.0 Å². The predicted octanol–water partition coefficient (Wildman–Crippen LogP) is 6.06. The molecule has 1 saturated heterocycles. The van der Waals surface area contributed by atoms with Gasteiger partial charge in [-0.1, -0.05) is 6.07 Å². The third-order valence-corrected chi connectivity index (χ3v) is 8.55. The SMILES string of the molecule is O=C(Cc1ccc(Oc2ccnc3cc(OCCCN4CCOCC4)c(F)cc23)c(F)c1)c1c2c(cn(-c3ccc(F)cc3)c1=O)CCO2. The molecule has 0 spiro atoms. The van der Waals surface area contributed by atoms with Crippen LogP contribution in [-0.2, 0) is 17.6 Å². The van der Waals surface area contributed by atoms with Gasteiger partial charge in [0.2, 0.25) is 0 Å². The second-order valence-corrected chi connectivity index (χ2v) is 11.8. The van der Waals surface area contributed by atoms with E-state index in [2.05, 4.69) is 9.88 Å². The molecular formula is C37H32F3N3O6. The minimum Gasteiger partial charge on any atom is -0.492 e. The number of halogens is 3. The third kappa shape index (κ3) is 7.01. The standard InChI is InChI=1S/C37H32F3N3O6/c38-25-3-5-26(6-4-25)43-22-24-9-15-48-36(24)35(37(43)45)31(44)19-23-2-7-33(28(39)18-23)49-32-8-10-41-30-21-34(29(40)20-27(30)32)47-14-1-11-42-12-16-46-17-13-42/h2-8,10,18,20-22H,1,9,11-17,19H2. The predicted molar refractivity (Wildman–Crippen MR) is 175 cm³/mol. The maximum absolute atomic E-state index is 15.4. The second-order valence-electron chi connectivity index (χ2n) is 11.8. The van der Waals surface area contributed by atoms with Crippen molar-refractivity contribution in [3.8, 4) is 28.7 Å². The van der Waals surface area contributed by atoms with Gasteiger partial charge in [-0.2, -0.15) is 0 Å². The van der Waals surface area contributed by atoms with E-state index in [-0.39, 0.29) is 35.0 Å². The molecule has 7 rings (SSSR count). The molecule has 12 heteroatoms. The lowest BCUT2D eigenvalue weighted by Crippen LogP contribution is -2.37. The van der Waals surface area contributed by atoms with E-state index in [1.165, 1.54) is 65.4 Å². The molecule has 0 saturated carbocycles. The maximum atomic E-state index is 15.4. The number of carbonyl (C=O) groups excluding carboxylic acids is 1. The number of morpholine rings is 1. The van der Waals surface area contributed by atoms with Crippen molar-refractivity contribution >= 4 is 16.7 Å². The molecule has 1 fully saturated rings. The molecule has 0 radical (unpaired) electrons. The summed E-state index contributed by atoms with van der Waals surface area (Å²) in [7, 11) is 0. The minimum absolute atomic E-state index is 0.0678. The molecule has 0 atom stereocenters. The number of nitrogens with zero attached hydrogens (tertiary/aromatic N) is 3. The van der Waals surface area contributed by atoms with Crippen LogP contribution in [-0.4, -0.2) is 66.3 Å². The highest BCUT2D eigenvalue weighted by atomic mass is 19.1. The molecule has 252 valence electrons. The summed E-state index contributed by atoms with van der Waals surface area (Å²) in [6.45, 7) is 4.62. The lowest BCUT2D eigenvalue weighted by atomic mass is 10.0. The normalized spacial score (nSPS) is 14.4. The molecule has 2 aliphatic rings. The Balaban J connectivity index is 1.06. The number of carbonyl (C=O) groups is 1. The van der Waals surface area contributed by atoms with Gasteiger partial charge in [0, 0.05) is 67.6 Å². The monoisotopic (exact) mass is 671 g/mol. The van der Waals surface area contributed by atoms with Crippen LogP contribution in [0.3, 0.4) is 0 Å². The van der Waals surface area contributed by atoms with Crippen LogP contribution < -0.4 is 19.8 Å². The highest BCUT2D eigenvalue weighted by molar-refractivity contribution is 6.00. The number of benzene rings is 3. The first-order valence-electron chi connectivity index (χ1n) is 16.0. The Bertz CT molecular complexity index is 2080. The fourth-order valence-electron chi connectivity index (χ4n) is 6.04. The first kappa shape index (κ1) is 32.4. The van der Waals surface area contributed by atoms with Gasteiger partial charge < -0.3 is 18.9 Å². The fourth-order valence-corrected chi connectivity index (χ4v) is 6.04. The van der Waals surface area contributed by atoms with Crippen molar-refractivity contribution in [3.63, 3.8) is 0 Å². The van der Waals surface area contributed by atoms with Crippen LogP contribution in [0.1, 0.15) is 27.9 Å². The molecular weight excluding hydrogens is 639 g/mol. The zero-order valence-electron chi connectivity index (χ0n) is 26.4. The van der Waals surface area contributed by atoms with E-state index in [0.29, 0.717) is 60.6 Å². The van der Waals surface area contributed by atoms with E-state index in [0.717, 1.165) is 32.1 Å². The summed E-state index contributed by atoms with van der Waals surface area (Å²) in [5.41, 5.74) is 1.02. The summed E-state index contributed by atoms with van der Waals surface area (Å²) >= 11 is 0. The smallest absolute Gasteiger partial charge is 0.269 e. The topological polar surface area (TPSA) is 92.1 Å². The van der Waals surface area contributed by atoms with E-state index >= 15 is 8.78 Å². The Labute approximate surface area is 279 Å². The molecule has 0 bridgehead atoms. The third-order valence-electron chi connectivity index (χ3n) is 8.55. The molecule has 0 unspecified atom stereocenters. The molecule has 2 aliphatic heterocycles. The number of ether oxygens (including phenoxy) is 4. The quantitative estimate of drug-likeness (QED) is 0.124. The average Bonchev–Trinajstić information content (AvgIpc) is 3.57. The molecule has 0 aliphatic carbocycles. The van der Waals surface area contributed by atoms with Gasteiger partial charge >= 0.3 is 0 Å². The number of hydrogen-bond acceptors (Lipinski definition) is 8. The molecule has 0 amide bonds. The van der Waals surface area contributed by atoms with Gasteiger partial charge in [0.25, 0.3) is 5.56 Å².